The fraction of sp³-hybridized carbons (Fsp3) is 0.368. The monoisotopic (exact) mass is 455 g/mol. The molecule has 0 radical (unpaired) electrons. The van der Waals surface area contributed by atoms with E-state index in [2.05, 4.69) is 19.9 Å². The second kappa shape index (κ2) is 8.07. The van der Waals surface area contributed by atoms with Gasteiger partial charge in [-0.2, -0.15) is 18.7 Å². The molecule has 1 aliphatic carbocycles. The van der Waals surface area contributed by atoms with Crippen LogP contribution in [0.4, 0.5) is 13.2 Å². The zero-order chi connectivity index (χ0) is 21.5. The number of imidazole rings is 1. The smallest absolute Gasteiger partial charge is 0.319 e. The van der Waals surface area contributed by atoms with Crippen LogP contribution in [0.15, 0.2) is 29.6 Å². The molecule has 1 fully saturated rings. The lowest BCUT2D eigenvalue weighted by Gasteiger charge is -2.09. The second-order valence-electron chi connectivity index (χ2n) is 6.95. The van der Waals surface area contributed by atoms with Crippen LogP contribution in [0.2, 0.25) is 5.15 Å². The molecule has 3 heterocycles. The molecular weight excluding hydrogens is 439 g/mol. The molecule has 3 aromatic rings. The summed E-state index contributed by atoms with van der Waals surface area (Å²) in [4.78, 5) is 16.2. The highest BCUT2D eigenvalue weighted by Crippen LogP contribution is 2.40. The highest BCUT2D eigenvalue weighted by molar-refractivity contribution is 7.98. The average Bonchev–Trinajstić information content (AvgIpc) is 3.43. The van der Waals surface area contributed by atoms with Gasteiger partial charge in [-0.05, 0) is 25.2 Å². The molecule has 158 valence electrons. The van der Waals surface area contributed by atoms with Crippen molar-refractivity contribution in [3.8, 4) is 17.5 Å². The van der Waals surface area contributed by atoms with Gasteiger partial charge in [-0.15, -0.1) is 11.8 Å². The van der Waals surface area contributed by atoms with Gasteiger partial charge in [0, 0.05) is 37.0 Å². The van der Waals surface area contributed by atoms with Crippen LogP contribution in [-0.4, -0.2) is 30.8 Å². The molecule has 0 N–H and O–H groups in total. The topological polar surface area (TPSA) is 65.7 Å². The number of thioether (sulfide) groups is 1. The fourth-order valence-corrected chi connectivity index (χ4v) is 3.47. The van der Waals surface area contributed by atoms with Gasteiger partial charge in [-0.1, -0.05) is 11.6 Å². The molecule has 0 saturated heterocycles. The van der Waals surface area contributed by atoms with Gasteiger partial charge < -0.3 is 9.30 Å². The van der Waals surface area contributed by atoms with E-state index in [9.17, 15) is 13.2 Å². The predicted octanol–water partition coefficient (Wildman–Crippen LogP) is 5.28. The summed E-state index contributed by atoms with van der Waals surface area (Å²) in [6.07, 6.45) is 6.21. The minimum Gasteiger partial charge on any atom is -0.458 e. The molecule has 1 aliphatic rings. The molecule has 1 saturated carbocycles. The number of pyridine rings is 1. The molecule has 30 heavy (non-hydrogen) atoms. The molecule has 0 bridgehead atoms. The van der Waals surface area contributed by atoms with Crippen molar-refractivity contribution in [3.05, 3.63) is 46.8 Å². The van der Waals surface area contributed by atoms with Gasteiger partial charge in [-0.25, -0.2) is 14.4 Å². The van der Waals surface area contributed by atoms with Gasteiger partial charge in [-0.3, -0.25) is 0 Å². The summed E-state index contributed by atoms with van der Waals surface area (Å²) in [6, 6.07) is 2.94. The molecule has 4 rings (SSSR count). The fourth-order valence-electron chi connectivity index (χ4n) is 2.83. The Morgan fingerprint density at radius 2 is 2.03 bits per heavy atom. The van der Waals surface area contributed by atoms with E-state index < -0.39 is 17.4 Å². The molecule has 6 nitrogen and oxygen atoms in total. The van der Waals surface area contributed by atoms with E-state index in [1.807, 2.05) is 6.26 Å². The first-order chi connectivity index (χ1) is 14.2. The maximum atomic E-state index is 14.8. The number of nitrogens with zero attached hydrogens (tertiary/aromatic N) is 5. The third kappa shape index (κ3) is 4.54. The van der Waals surface area contributed by atoms with Gasteiger partial charge in [0.2, 0.25) is 0 Å². The molecule has 0 amide bonds. The molecule has 3 aromatic heterocycles. The van der Waals surface area contributed by atoms with E-state index in [0.717, 1.165) is 19.8 Å². The largest absolute Gasteiger partial charge is 0.458 e. The highest BCUT2D eigenvalue weighted by atomic mass is 35.5. The summed E-state index contributed by atoms with van der Waals surface area (Å²) in [6.45, 7) is 0.731. The first kappa shape index (κ1) is 20.9. The second-order valence-corrected chi connectivity index (χ2v) is 8.17. The van der Waals surface area contributed by atoms with E-state index in [4.69, 9.17) is 16.3 Å². The van der Waals surface area contributed by atoms with Crippen molar-refractivity contribution in [1.82, 2.24) is 24.5 Å². The van der Waals surface area contributed by atoms with Crippen molar-refractivity contribution in [3.63, 3.8) is 0 Å². The number of hydrogen-bond donors (Lipinski definition) is 0. The van der Waals surface area contributed by atoms with Crippen LogP contribution >= 0.6 is 23.4 Å². The minimum atomic E-state index is -3.12. The normalized spacial score (nSPS) is 14.2. The van der Waals surface area contributed by atoms with Crippen LogP contribution in [0.5, 0.6) is 6.01 Å². The summed E-state index contributed by atoms with van der Waals surface area (Å²) in [7, 11) is 0. The Kier molecular flexibility index (Phi) is 5.63. The summed E-state index contributed by atoms with van der Waals surface area (Å²) < 4.78 is 49.3. The van der Waals surface area contributed by atoms with Crippen molar-refractivity contribution in [2.75, 3.05) is 6.26 Å². The number of aromatic nitrogens is 5. The van der Waals surface area contributed by atoms with Crippen molar-refractivity contribution >= 4 is 23.4 Å². The van der Waals surface area contributed by atoms with Crippen LogP contribution in [-0.2, 0) is 12.5 Å². The maximum Gasteiger partial charge on any atom is 0.319 e. The number of hydrogen-bond acceptors (Lipinski definition) is 6. The zero-order valence-electron chi connectivity index (χ0n) is 16.1. The van der Waals surface area contributed by atoms with Gasteiger partial charge in [0.25, 0.3) is 5.92 Å². The third-order valence-electron chi connectivity index (χ3n) is 4.46. The molecule has 0 spiro atoms. The van der Waals surface area contributed by atoms with Crippen molar-refractivity contribution in [1.29, 1.82) is 0 Å². The van der Waals surface area contributed by atoms with E-state index in [1.165, 1.54) is 30.2 Å². The standard InChI is InChI=1S/C19H17ClF3N5OS/c1-19(22,23)13-8-28(11-3-4-11)17(25-13)16-12(21)5-10(7-24-16)9-29-18-26-14(20)6-15(27-18)30-2/h5-8,11H,3-4,9H2,1-2H3. The summed E-state index contributed by atoms with van der Waals surface area (Å²) in [5, 5.41) is 0.875. The van der Waals surface area contributed by atoms with Crippen molar-refractivity contribution in [2.24, 2.45) is 0 Å². The molecule has 11 heteroatoms. The summed E-state index contributed by atoms with van der Waals surface area (Å²) in [5.74, 6) is -3.70. The van der Waals surface area contributed by atoms with Crippen molar-refractivity contribution < 1.29 is 17.9 Å². The Labute approximate surface area is 179 Å². The Balaban J connectivity index is 1.57. The SMILES string of the molecule is CSc1cc(Cl)nc(OCc2cnc(-c3nc(C(C)(F)F)cn3C3CC3)c(F)c2)n1. The average molecular weight is 456 g/mol. The first-order valence-corrected chi connectivity index (χ1v) is 10.7. The quantitative estimate of drug-likeness (QED) is 0.357. The van der Waals surface area contributed by atoms with Crippen LogP contribution in [0.3, 0.4) is 0 Å². The molecule has 0 atom stereocenters. The van der Waals surface area contributed by atoms with E-state index in [1.54, 1.807) is 10.6 Å². The van der Waals surface area contributed by atoms with Gasteiger partial charge >= 0.3 is 6.01 Å². The highest BCUT2D eigenvalue weighted by Gasteiger charge is 2.34. The third-order valence-corrected chi connectivity index (χ3v) is 5.28. The predicted molar refractivity (Wildman–Crippen MR) is 106 cm³/mol. The lowest BCUT2D eigenvalue weighted by molar-refractivity contribution is 0.0131. The molecule has 0 aliphatic heterocycles. The summed E-state index contributed by atoms with van der Waals surface area (Å²) >= 11 is 7.31. The number of halogens is 4. The zero-order valence-corrected chi connectivity index (χ0v) is 17.6. The maximum absolute atomic E-state index is 14.8. The Hall–Kier alpha value is -2.33. The lowest BCUT2D eigenvalue weighted by Crippen LogP contribution is -2.07. The van der Waals surface area contributed by atoms with E-state index in [0.29, 0.717) is 10.6 Å². The van der Waals surface area contributed by atoms with E-state index >= 15 is 0 Å². The van der Waals surface area contributed by atoms with Crippen molar-refractivity contribution in [2.45, 2.75) is 43.4 Å². The Bertz CT molecular complexity index is 1080. The van der Waals surface area contributed by atoms with Gasteiger partial charge in [0.05, 0.1) is 0 Å². The summed E-state index contributed by atoms with van der Waals surface area (Å²) in [5.41, 5.74) is -0.0540. The lowest BCUT2D eigenvalue weighted by atomic mass is 10.2. The van der Waals surface area contributed by atoms with Gasteiger partial charge in [0.1, 0.15) is 28.2 Å². The van der Waals surface area contributed by atoms with E-state index in [-0.39, 0.29) is 35.3 Å². The van der Waals surface area contributed by atoms with Crippen LogP contribution < -0.4 is 4.74 Å². The molecule has 0 unspecified atom stereocenters. The number of rotatable bonds is 7. The molecular formula is C19H17ClF3N5OS. The van der Waals surface area contributed by atoms with Crippen LogP contribution in [0.25, 0.3) is 11.5 Å². The number of ether oxygens (including phenoxy) is 1. The minimum absolute atomic E-state index is 0.0340. The Morgan fingerprint density at radius 1 is 1.27 bits per heavy atom. The first-order valence-electron chi connectivity index (χ1n) is 9.08. The van der Waals surface area contributed by atoms with Crippen LogP contribution in [0, 0.1) is 5.82 Å². The number of alkyl halides is 2. The van der Waals surface area contributed by atoms with Gasteiger partial charge in [0.15, 0.2) is 11.6 Å². The van der Waals surface area contributed by atoms with Crippen LogP contribution in [0.1, 0.15) is 37.1 Å². The Morgan fingerprint density at radius 3 is 2.67 bits per heavy atom. The molecule has 0 aromatic carbocycles.